The summed E-state index contributed by atoms with van der Waals surface area (Å²) in [6.45, 7) is 1.85. The van der Waals surface area contributed by atoms with Gasteiger partial charge in [0.25, 0.3) is 0 Å². The lowest BCUT2D eigenvalue weighted by Crippen LogP contribution is -2.12. The third-order valence-electron chi connectivity index (χ3n) is 2.66. The minimum absolute atomic E-state index is 0.257. The van der Waals surface area contributed by atoms with Gasteiger partial charge in [-0.25, -0.2) is 4.79 Å². The van der Waals surface area contributed by atoms with Gasteiger partial charge in [-0.15, -0.1) is 0 Å². The van der Waals surface area contributed by atoms with Crippen molar-refractivity contribution in [2.75, 3.05) is 0 Å². The topological polar surface area (TPSA) is 26.3 Å². The molecule has 0 aliphatic carbocycles. The Labute approximate surface area is 113 Å². The summed E-state index contributed by atoms with van der Waals surface area (Å²) in [4.78, 5) is 11.8. The van der Waals surface area contributed by atoms with E-state index >= 15 is 0 Å². The van der Waals surface area contributed by atoms with E-state index in [1.165, 1.54) is 0 Å². The summed E-state index contributed by atoms with van der Waals surface area (Å²) < 4.78 is 5.33. The van der Waals surface area contributed by atoms with Gasteiger partial charge >= 0.3 is 5.97 Å². The fraction of sp³-hybridized carbons (Fsp3) is 0.118. The van der Waals surface area contributed by atoms with E-state index in [-0.39, 0.29) is 12.1 Å². The van der Waals surface area contributed by atoms with Gasteiger partial charge in [0.05, 0.1) is 5.56 Å². The van der Waals surface area contributed by atoms with E-state index in [1.807, 2.05) is 67.6 Å². The lowest BCUT2D eigenvalue weighted by molar-refractivity contribution is 0.0426. The molecule has 96 valence electrons. The molecule has 0 fully saturated rings. The quantitative estimate of drug-likeness (QED) is 0.770. The minimum atomic E-state index is -0.300. The summed E-state index contributed by atoms with van der Waals surface area (Å²) in [5.41, 5.74) is 1.66. The van der Waals surface area contributed by atoms with Crippen LogP contribution in [0.2, 0.25) is 0 Å². The van der Waals surface area contributed by atoms with Crippen LogP contribution in [0.1, 0.15) is 22.8 Å². The summed E-state index contributed by atoms with van der Waals surface area (Å²) in [6.07, 6.45) is 3.56. The standard InChI is InChI=1S/C17H16O2/c1-14(12-13-15-8-4-2-5-9-15)19-17(18)16-10-6-3-7-11-16/h2-14H,1H3. The molecule has 0 bridgehead atoms. The number of benzene rings is 2. The molecule has 0 N–H and O–H groups in total. The van der Waals surface area contributed by atoms with Crippen molar-refractivity contribution in [1.29, 1.82) is 0 Å². The second-order valence-electron chi connectivity index (χ2n) is 4.25. The van der Waals surface area contributed by atoms with Crippen molar-refractivity contribution in [3.63, 3.8) is 0 Å². The molecule has 2 heteroatoms. The van der Waals surface area contributed by atoms with E-state index < -0.39 is 0 Å². The number of carbonyl (C=O) groups excluding carboxylic acids is 1. The number of carbonyl (C=O) groups is 1. The highest BCUT2D eigenvalue weighted by atomic mass is 16.5. The van der Waals surface area contributed by atoms with Crippen molar-refractivity contribution in [2.45, 2.75) is 13.0 Å². The first kappa shape index (κ1) is 13.1. The van der Waals surface area contributed by atoms with Gasteiger partial charge in [0.2, 0.25) is 0 Å². The van der Waals surface area contributed by atoms with Gasteiger partial charge in [-0.3, -0.25) is 0 Å². The fourth-order valence-corrected chi connectivity index (χ4v) is 1.66. The number of hydrogen-bond donors (Lipinski definition) is 0. The number of rotatable bonds is 4. The Morgan fingerprint density at radius 1 is 1.00 bits per heavy atom. The normalized spacial score (nSPS) is 12.3. The smallest absolute Gasteiger partial charge is 0.338 e. The van der Waals surface area contributed by atoms with Gasteiger partial charge in [-0.1, -0.05) is 54.6 Å². The van der Waals surface area contributed by atoms with E-state index in [0.29, 0.717) is 5.56 Å². The first-order valence-corrected chi connectivity index (χ1v) is 6.25. The molecule has 2 nitrogen and oxygen atoms in total. The van der Waals surface area contributed by atoms with E-state index in [9.17, 15) is 4.79 Å². The molecule has 0 aliphatic heterocycles. The first-order valence-electron chi connectivity index (χ1n) is 6.25. The van der Waals surface area contributed by atoms with Crippen LogP contribution in [0.4, 0.5) is 0 Å². The third kappa shape index (κ3) is 4.11. The van der Waals surface area contributed by atoms with Crippen molar-refractivity contribution in [2.24, 2.45) is 0 Å². The Kier molecular flexibility index (Phi) is 4.51. The second-order valence-corrected chi connectivity index (χ2v) is 4.25. The second kappa shape index (κ2) is 6.55. The Morgan fingerprint density at radius 3 is 2.21 bits per heavy atom. The lowest BCUT2D eigenvalue weighted by Gasteiger charge is -2.09. The number of esters is 1. The van der Waals surface area contributed by atoms with Crippen LogP contribution in [0.15, 0.2) is 66.7 Å². The van der Waals surface area contributed by atoms with Gasteiger partial charge in [0, 0.05) is 0 Å². The molecule has 0 spiro atoms. The monoisotopic (exact) mass is 252 g/mol. The summed E-state index contributed by atoms with van der Waals surface area (Å²) in [5, 5.41) is 0. The predicted octanol–water partition coefficient (Wildman–Crippen LogP) is 3.95. The highest BCUT2D eigenvalue weighted by Crippen LogP contribution is 2.07. The van der Waals surface area contributed by atoms with Crippen LogP contribution in [0, 0.1) is 0 Å². The summed E-state index contributed by atoms with van der Waals surface area (Å²) >= 11 is 0. The zero-order valence-corrected chi connectivity index (χ0v) is 10.8. The van der Waals surface area contributed by atoms with Crippen molar-refractivity contribution >= 4 is 12.0 Å². The predicted molar refractivity (Wildman–Crippen MR) is 76.8 cm³/mol. The molecule has 19 heavy (non-hydrogen) atoms. The maximum Gasteiger partial charge on any atom is 0.338 e. The highest BCUT2D eigenvalue weighted by Gasteiger charge is 2.08. The lowest BCUT2D eigenvalue weighted by atomic mass is 10.2. The van der Waals surface area contributed by atoms with E-state index in [4.69, 9.17) is 4.74 Å². The Morgan fingerprint density at radius 2 is 1.58 bits per heavy atom. The molecule has 2 aromatic carbocycles. The van der Waals surface area contributed by atoms with Crippen LogP contribution in [-0.2, 0) is 4.74 Å². The summed E-state index contributed by atoms with van der Waals surface area (Å²) in [6, 6.07) is 18.9. The average Bonchev–Trinajstić information content (AvgIpc) is 2.47. The fourth-order valence-electron chi connectivity index (χ4n) is 1.66. The molecule has 0 aromatic heterocycles. The van der Waals surface area contributed by atoms with Crippen LogP contribution < -0.4 is 0 Å². The molecule has 0 aliphatic rings. The van der Waals surface area contributed by atoms with Crippen LogP contribution in [0.25, 0.3) is 6.08 Å². The van der Waals surface area contributed by atoms with E-state index in [2.05, 4.69) is 0 Å². The zero-order chi connectivity index (χ0) is 13.5. The largest absolute Gasteiger partial charge is 0.455 e. The van der Waals surface area contributed by atoms with Crippen molar-refractivity contribution in [3.8, 4) is 0 Å². The van der Waals surface area contributed by atoms with Gasteiger partial charge in [0.15, 0.2) is 0 Å². The number of ether oxygens (including phenoxy) is 1. The molecule has 1 unspecified atom stereocenters. The molecule has 2 aromatic rings. The molecule has 0 amide bonds. The molecule has 0 saturated heterocycles. The Balaban J connectivity index is 1.93. The summed E-state index contributed by atoms with van der Waals surface area (Å²) in [5.74, 6) is -0.300. The van der Waals surface area contributed by atoms with Crippen LogP contribution in [0.3, 0.4) is 0 Å². The maximum absolute atomic E-state index is 11.8. The van der Waals surface area contributed by atoms with Gasteiger partial charge in [0.1, 0.15) is 6.10 Å². The third-order valence-corrected chi connectivity index (χ3v) is 2.66. The SMILES string of the molecule is CC(C=Cc1ccccc1)OC(=O)c1ccccc1. The number of hydrogen-bond acceptors (Lipinski definition) is 2. The van der Waals surface area contributed by atoms with E-state index in [1.54, 1.807) is 12.1 Å². The molecule has 0 heterocycles. The molecule has 2 rings (SSSR count). The molecule has 1 atom stereocenters. The van der Waals surface area contributed by atoms with E-state index in [0.717, 1.165) is 5.56 Å². The van der Waals surface area contributed by atoms with Crippen molar-refractivity contribution in [3.05, 3.63) is 77.9 Å². The van der Waals surface area contributed by atoms with Crippen LogP contribution >= 0.6 is 0 Å². The van der Waals surface area contributed by atoms with Crippen LogP contribution in [-0.4, -0.2) is 12.1 Å². The van der Waals surface area contributed by atoms with Crippen molar-refractivity contribution < 1.29 is 9.53 Å². The van der Waals surface area contributed by atoms with Crippen molar-refractivity contribution in [1.82, 2.24) is 0 Å². The highest BCUT2D eigenvalue weighted by molar-refractivity contribution is 5.89. The Bertz CT molecular complexity index is 544. The minimum Gasteiger partial charge on any atom is -0.455 e. The van der Waals surface area contributed by atoms with Crippen LogP contribution in [0.5, 0.6) is 0 Å². The van der Waals surface area contributed by atoms with Gasteiger partial charge in [-0.05, 0) is 30.7 Å². The molecule has 0 saturated carbocycles. The average molecular weight is 252 g/mol. The maximum atomic E-state index is 11.8. The van der Waals surface area contributed by atoms with Gasteiger partial charge < -0.3 is 4.74 Å². The van der Waals surface area contributed by atoms with Gasteiger partial charge in [-0.2, -0.15) is 0 Å². The molecular formula is C17H16O2. The molecule has 0 radical (unpaired) electrons. The zero-order valence-electron chi connectivity index (χ0n) is 10.8. The Hall–Kier alpha value is -2.35. The molecular weight excluding hydrogens is 236 g/mol. The summed E-state index contributed by atoms with van der Waals surface area (Å²) in [7, 11) is 0. The first-order chi connectivity index (χ1) is 9.25.